The highest BCUT2D eigenvalue weighted by atomic mass is 32.3. The summed E-state index contributed by atoms with van der Waals surface area (Å²) in [6.45, 7) is 2.77. The molecule has 1 amide bonds. The normalized spacial score (nSPS) is 17.6. The minimum atomic E-state index is -5.00. The Morgan fingerprint density at radius 3 is 2.47 bits per heavy atom. The number of nitrogens with zero attached hydrogens (tertiary/aromatic N) is 5. The molecule has 1 aromatic carbocycles. The number of ether oxygens (including phenoxy) is 1. The molecule has 47 heavy (non-hydrogen) atoms. The Morgan fingerprint density at radius 2 is 1.91 bits per heavy atom. The number of hydrogen-bond acceptors (Lipinski definition) is 14. The molecule has 3 atom stereocenters. The molecule has 1 fully saturated rings. The zero-order valence-electron chi connectivity index (χ0n) is 25.4. The second-order valence-electron chi connectivity index (χ2n) is 11.0. The lowest BCUT2D eigenvalue weighted by molar-refractivity contribution is -0.754. The highest BCUT2D eigenvalue weighted by Crippen LogP contribution is 2.40. The van der Waals surface area contributed by atoms with E-state index in [0.717, 1.165) is 22.5 Å². The summed E-state index contributed by atoms with van der Waals surface area (Å²) in [5, 5.41) is 25.3. The van der Waals surface area contributed by atoms with Crippen molar-refractivity contribution in [2.45, 2.75) is 44.6 Å². The molecule has 0 bridgehead atoms. The van der Waals surface area contributed by atoms with Crippen molar-refractivity contribution in [1.82, 2.24) is 14.7 Å². The average Bonchev–Trinajstić information content (AvgIpc) is 3.60. The van der Waals surface area contributed by atoms with Gasteiger partial charge >= 0.3 is 16.4 Å². The zero-order valence-corrected chi connectivity index (χ0v) is 27.0. The van der Waals surface area contributed by atoms with Gasteiger partial charge in [-0.05, 0) is 31.5 Å². The second-order valence-corrected chi connectivity index (χ2v) is 12.9. The molecule has 3 heterocycles. The zero-order chi connectivity index (χ0) is 34.7. The molecule has 1 aliphatic heterocycles. The Labute approximate surface area is 272 Å². The van der Waals surface area contributed by atoms with Gasteiger partial charge in [0.15, 0.2) is 23.7 Å². The minimum absolute atomic E-state index is 0.0338. The van der Waals surface area contributed by atoms with Gasteiger partial charge in [0.1, 0.15) is 24.6 Å². The number of hydroxylamine groups is 2. The summed E-state index contributed by atoms with van der Waals surface area (Å²) in [5.74, 6) is -3.89. The van der Waals surface area contributed by atoms with Crippen molar-refractivity contribution in [2.24, 2.45) is 23.9 Å². The number of carboxylic acids is 1. The monoisotopic (exact) mass is 696 g/mol. The van der Waals surface area contributed by atoms with E-state index in [-0.39, 0.29) is 17.4 Å². The molecular weight excluding hydrogens is 662 g/mol. The summed E-state index contributed by atoms with van der Waals surface area (Å²) in [7, 11) is -3.17. The summed E-state index contributed by atoms with van der Waals surface area (Å²) in [5.41, 5.74) is 11.1. The second kappa shape index (κ2) is 14.1. The molecule has 0 radical (unpaired) electrons. The topological polar surface area (TPSA) is 263 Å². The van der Waals surface area contributed by atoms with Crippen molar-refractivity contribution in [3.63, 3.8) is 0 Å². The van der Waals surface area contributed by atoms with Gasteiger partial charge in [-0.2, -0.15) is 18.2 Å². The van der Waals surface area contributed by atoms with Crippen LogP contribution in [0.15, 0.2) is 47.2 Å². The molecule has 254 valence electrons. The number of carbonyl (C=O) groups excluding carboxylic acids is 2. The number of nitrogens with two attached hydrogens (primary N) is 2. The SMILES string of the molecule is C[n+]1cc(-c2ccc(OC[C@H](O/N=C(\C(=O)C[C@@H]3C(=O)N(OS(=O)(=O)O)C3(C)C)c3csc(N)n3)C(=O)O)cc2)cn1CC(O)CN. The van der Waals surface area contributed by atoms with Gasteiger partial charge in [0.05, 0.1) is 29.3 Å². The summed E-state index contributed by atoms with van der Waals surface area (Å²) in [4.78, 5) is 47.1. The summed E-state index contributed by atoms with van der Waals surface area (Å²) >= 11 is 0.977. The predicted molar refractivity (Wildman–Crippen MR) is 164 cm³/mol. The van der Waals surface area contributed by atoms with Gasteiger partial charge in [0.25, 0.3) is 12.0 Å². The van der Waals surface area contributed by atoms with Gasteiger partial charge in [-0.15, -0.1) is 20.3 Å². The Bertz CT molecular complexity index is 1770. The fourth-order valence-electron chi connectivity index (χ4n) is 4.65. The van der Waals surface area contributed by atoms with Gasteiger partial charge in [0, 0.05) is 18.3 Å². The largest absolute Gasteiger partial charge is 0.489 e. The number of aryl methyl sites for hydroxylation is 1. The van der Waals surface area contributed by atoms with Crippen LogP contribution in [0.25, 0.3) is 11.1 Å². The fraction of sp³-hybridized carbons (Fsp3) is 0.407. The lowest BCUT2D eigenvalue weighted by Gasteiger charge is -2.50. The van der Waals surface area contributed by atoms with E-state index >= 15 is 0 Å². The maximum Gasteiger partial charge on any atom is 0.418 e. The highest BCUT2D eigenvalue weighted by Gasteiger charge is 2.57. The lowest BCUT2D eigenvalue weighted by Crippen LogP contribution is -2.68. The smallest absolute Gasteiger partial charge is 0.418 e. The number of carboxylic acid groups (broad SMARTS) is 1. The van der Waals surface area contributed by atoms with Crippen LogP contribution in [0.4, 0.5) is 5.13 Å². The molecular formula is C27H34N7O11S2+. The number of aliphatic hydroxyl groups excluding tert-OH is 1. The summed E-state index contributed by atoms with van der Waals surface area (Å²) in [6.07, 6.45) is 0.843. The fourth-order valence-corrected chi connectivity index (χ4v) is 5.65. The molecule has 7 N–H and O–H groups in total. The Hall–Kier alpha value is -4.47. The van der Waals surface area contributed by atoms with Crippen LogP contribution in [0.3, 0.4) is 0 Å². The van der Waals surface area contributed by atoms with E-state index in [1.807, 2.05) is 28.8 Å². The predicted octanol–water partition coefficient (Wildman–Crippen LogP) is -0.479. The average molecular weight is 697 g/mol. The van der Waals surface area contributed by atoms with Gasteiger partial charge in [0.2, 0.25) is 6.20 Å². The lowest BCUT2D eigenvalue weighted by atomic mass is 9.74. The summed E-state index contributed by atoms with van der Waals surface area (Å²) < 4.78 is 44.7. The first-order chi connectivity index (χ1) is 22.0. The third kappa shape index (κ3) is 8.47. The number of hydrogen-bond donors (Lipinski definition) is 5. The van der Waals surface area contributed by atoms with Gasteiger partial charge in [-0.25, -0.2) is 9.78 Å². The minimum Gasteiger partial charge on any atom is -0.489 e. The van der Waals surface area contributed by atoms with E-state index in [1.54, 1.807) is 24.3 Å². The van der Waals surface area contributed by atoms with E-state index in [0.29, 0.717) is 17.4 Å². The molecule has 1 aliphatic rings. The van der Waals surface area contributed by atoms with Gasteiger partial charge in [-0.1, -0.05) is 17.3 Å². The number of oxime groups is 1. The third-order valence-corrected chi connectivity index (χ3v) is 8.30. The first-order valence-electron chi connectivity index (χ1n) is 13.9. The van der Waals surface area contributed by atoms with Crippen molar-refractivity contribution in [3.8, 4) is 16.9 Å². The third-order valence-electron chi connectivity index (χ3n) is 7.29. The summed E-state index contributed by atoms with van der Waals surface area (Å²) in [6, 6.07) is 6.78. The van der Waals surface area contributed by atoms with Crippen molar-refractivity contribution in [2.75, 3.05) is 18.9 Å². The van der Waals surface area contributed by atoms with E-state index in [9.17, 15) is 33.0 Å². The molecule has 18 nitrogen and oxygen atoms in total. The number of aromatic nitrogens is 3. The number of nitrogen functional groups attached to an aromatic ring is 1. The Balaban J connectivity index is 1.44. The molecule has 4 rings (SSSR count). The van der Waals surface area contributed by atoms with Crippen molar-refractivity contribution in [3.05, 3.63) is 47.7 Å². The molecule has 2 aromatic heterocycles. The Morgan fingerprint density at radius 1 is 1.23 bits per heavy atom. The molecule has 0 spiro atoms. The van der Waals surface area contributed by atoms with Crippen LogP contribution >= 0.6 is 11.3 Å². The number of anilines is 1. The van der Waals surface area contributed by atoms with Gasteiger partial charge in [-0.3, -0.25) is 14.1 Å². The van der Waals surface area contributed by atoms with Crippen LogP contribution in [-0.2, 0) is 47.5 Å². The molecule has 1 unspecified atom stereocenters. The number of benzene rings is 1. The number of aliphatic carboxylic acids is 1. The van der Waals surface area contributed by atoms with Crippen LogP contribution in [0.5, 0.6) is 5.75 Å². The molecule has 3 aromatic rings. The number of amides is 1. The van der Waals surface area contributed by atoms with Crippen LogP contribution in [0.2, 0.25) is 0 Å². The first kappa shape index (κ1) is 35.4. The maximum atomic E-state index is 13.3. The Kier molecular flexibility index (Phi) is 10.6. The van der Waals surface area contributed by atoms with Crippen molar-refractivity contribution in [1.29, 1.82) is 0 Å². The number of ketones is 1. The first-order valence-corrected chi connectivity index (χ1v) is 16.1. The van der Waals surface area contributed by atoms with Gasteiger partial charge < -0.3 is 31.3 Å². The van der Waals surface area contributed by atoms with E-state index in [2.05, 4.69) is 14.4 Å². The van der Waals surface area contributed by atoms with E-state index < -0.39 is 70.5 Å². The van der Waals surface area contributed by atoms with E-state index in [1.165, 1.54) is 19.2 Å². The van der Waals surface area contributed by atoms with Crippen molar-refractivity contribution >= 4 is 50.2 Å². The van der Waals surface area contributed by atoms with Crippen LogP contribution in [-0.4, -0.2) is 92.2 Å². The molecule has 20 heteroatoms. The molecule has 0 aliphatic carbocycles. The highest BCUT2D eigenvalue weighted by molar-refractivity contribution is 7.80. The molecule has 0 saturated carbocycles. The van der Waals surface area contributed by atoms with Crippen LogP contribution in [0.1, 0.15) is 26.0 Å². The number of thiazole rings is 1. The quantitative estimate of drug-likeness (QED) is 0.0417. The van der Waals surface area contributed by atoms with Crippen LogP contribution in [0, 0.1) is 5.92 Å². The maximum absolute atomic E-state index is 13.3. The van der Waals surface area contributed by atoms with Crippen molar-refractivity contribution < 1.29 is 56.1 Å². The van der Waals surface area contributed by atoms with E-state index in [4.69, 9.17) is 25.6 Å². The number of carbonyl (C=O) groups is 3. The number of aliphatic hydroxyl groups is 1. The molecule has 1 saturated heterocycles. The number of Topliss-reactive ketones (excluding diaryl/α,β-unsaturated/α-hetero) is 1. The standard InChI is InChI=1S/C27H33N7O11S2/c1-27(2)19(24(37)34(27)45-47(40,41)42)8-21(36)23(20-14-46-26(29)30-20)31-44-22(25(38)39)13-43-18-6-4-15(5-7-18)16-10-32(3)33(11-16)12-17(35)9-28/h4-7,10-11,14,17,19,22,35H,8-9,12-13,28H2,1-3H3,(H3-,29,30,38,39,40,41,42)/p+1/b31-23-/t17?,19-,22+/m1/s1. The number of β-lactam (4-membered cyclic amide) rings is 1. The number of rotatable bonds is 16. The van der Waals surface area contributed by atoms with Crippen LogP contribution < -0.4 is 20.9 Å².